The Morgan fingerprint density at radius 1 is 1.28 bits per heavy atom. The van der Waals surface area contributed by atoms with Crippen LogP contribution in [0.5, 0.6) is 5.75 Å². The van der Waals surface area contributed by atoms with Crippen LogP contribution in [0.4, 0.5) is 0 Å². The van der Waals surface area contributed by atoms with E-state index in [0.717, 1.165) is 17.0 Å². The Balaban J connectivity index is 1.61. The third kappa shape index (κ3) is 4.17. The van der Waals surface area contributed by atoms with Gasteiger partial charge in [-0.05, 0) is 36.2 Å². The fourth-order valence-electron chi connectivity index (χ4n) is 3.43. The highest BCUT2D eigenvalue weighted by Crippen LogP contribution is 2.31. The lowest BCUT2D eigenvalue weighted by molar-refractivity contribution is -0.130. The molecule has 1 aromatic carbocycles. The molecule has 1 aromatic heterocycles. The topological polar surface area (TPSA) is 62.7 Å². The number of aliphatic hydroxyl groups is 1. The van der Waals surface area contributed by atoms with Crippen LogP contribution in [-0.4, -0.2) is 47.7 Å². The molecule has 1 aliphatic rings. The monoisotopic (exact) mass is 340 g/mol. The van der Waals surface area contributed by atoms with Gasteiger partial charge in [-0.2, -0.15) is 0 Å². The Hall–Kier alpha value is -2.40. The average molecular weight is 340 g/mol. The third-order valence-electron chi connectivity index (χ3n) is 4.86. The predicted molar refractivity (Wildman–Crippen MR) is 95.4 cm³/mol. The van der Waals surface area contributed by atoms with Crippen molar-refractivity contribution in [2.75, 3.05) is 26.8 Å². The SMILES string of the molecule is COc1cccc(CCC(=O)N2C[C@@H](CO)[C@H](c3ccccn3)C2)c1. The molecular weight excluding hydrogens is 316 g/mol. The van der Waals surface area contributed by atoms with Gasteiger partial charge >= 0.3 is 0 Å². The maximum absolute atomic E-state index is 12.6. The van der Waals surface area contributed by atoms with Crippen molar-refractivity contribution in [3.05, 3.63) is 59.9 Å². The summed E-state index contributed by atoms with van der Waals surface area (Å²) in [6.07, 6.45) is 2.90. The summed E-state index contributed by atoms with van der Waals surface area (Å²) in [6, 6.07) is 13.6. The number of ether oxygens (including phenoxy) is 1. The van der Waals surface area contributed by atoms with E-state index in [1.54, 1.807) is 13.3 Å². The maximum Gasteiger partial charge on any atom is 0.222 e. The number of aryl methyl sites for hydroxylation is 1. The number of nitrogens with zero attached hydrogens (tertiary/aromatic N) is 2. The van der Waals surface area contributed by atoms with Crippen LogP contribution in [0, 0.1) is 5.92 Å². The van der Waals surface area contributed by atoms with Crippen molar-refractivity contribution >= 4 is 5.91 Å². The minimum atomic E-state index is 0.0515. The van der Waals surface area contributed by atoms with Gasteiger partial charge in [-0.25, -0.2) is 0 Å². The number of carbonyl (C=O) groups is 1. The Labute approximate surface area is 148 Å². The van der Waals surface area contributed by atoms with Gasteiger partial charge in [-0.3, -0.25) is 9.78 Å². The van der Waals surface area contributed by atoms with Crippen LogP contribution >= 0.6 is 0 Å². The highest BCUT2D eigenvalue weighted by molar-refractivity contribution is 5.77. The summed E-state index contributed by atoms with van der Waals surface area (Å²) in [5, 5.41) is 9.68. The van der Waals surface area contributed by atoms with Gasteiger partial charge in [0.2, 0.25) is 5.91 Å². The fourth-order valence-corrected chi connectivity index (χ4v) is 3.43. The first-order chi connectivity index (χ1) is 12.2. The van der Waals surface area contributed by atoms with Gasteiger partial charge in [0.15, 0.2) is 0 Å². The molecular formula is C20H24N2O3. The van der Waals surface area contributed by atoms with Gasteiger partial charge in [-0.15, -0.1) is 0 Å². The first-order valence-corrected chi connectivity index (χ1v) is 8.63. The minimum Gasteiger partial charge on any atom is -0.497 e. The van der Waals surface area contributed by atoms with Gasteiger partial charge in [-0.1, -0.05) is 18.2 Å². The molecule has 1 amide bonds. The smallest absolute Gasteiger partial charge is 0.222 e. The fraction of sp³-hybridized carbons (Fsp3) is 0.400. The Kier molecular flexibility index (Phi) is 5.66. The Bertz CT molecular complexity index is 705. The molecule has 1 N–H and O–H groups in total. The van der Waals surface area contributed by atoms with Crippen LogP contribution < -0.4 is 4.74 Å². The van der Waals surface area contributed by atoms with Crippen molar-refractivity contribution in [1.82, 2.24) is 9.88 Å². The molecule has 5 heteroatoms. The first-order valence-electron chi connectivity index (χ1n) is 8.63. The van der Waals surface area contributed by atoms with Crippen LogP contribution in [0.2, 0.25) is 0 Å². The number of hydrogen-bond donors (Lipinski definition) is 1. The van der Waals surface area contributed by atoms with Crippen molar-refractivity contribution in [3.8, 4) is 5.75 Å². The van der Waals surface area contributed by atoms with Gasteiger partial charge < -0.3 is 14.7 Å². The number of pyridine rings is 1. The van der Waals surface area contributed by atoms with Crippen LogP contribution in [0.25, 0.3) is 0 Å². The molecule has 132 valence electrons. The lowest BCUT2D eigenvalue weighted by Gasteiger charge is -2.16. The highest BCUT2D eigenvalue weighted by Gasteiger charge is 2.36. The number of likely N-dealkylation sites (tertiary alicyclic amines) is 1. The molecule has 25 heavy (non-hydrogen) atoms. The van der Waals surface area contributed by atoms with Crippen LogP contribution in [0.1, 0.15) is 23.6 Å². The summed E-state index contributed by atoms with van der Waals surface area (Å²) in [5.74, 6) is 1.09. The summed E-state index contributed by atoms with van der Waals surface area (Å²) in [7, 11) is 1.64. The van der Waals surface area contributed by atoms with Crippen LogP contribution in [0.3, 0.4) is 0 Å². The van der Waals surface area contributed by atoms with E-state index in [-0.39, 0.29) is 24.3 Å². The molecule has 2 heterocycles. The van der Waals surface area contributed by atoms with Gasteiger partial charge in [0, 0.05) is 49.8 Å². The molecule has 0 spiro atoms. The molecule has 0 radical (unpaired) electrons. The molecule has 2 aromatic rings. The van der Waals surface area contributed by atoms with E-state index in [9.17, 15) is 9.90 Å². The number of rotatable bonds is 6. The number of aliphatic hydroxyl groups excluding tert-OH is 1. The Morgan fingerprint density at radius 2 is 2.16 bits per heavy atom. The van der Waals surface area contributed by atoms with Crippen molar-refractivity contribution in [1.29, 1.82) is 0 Å². The lowest BCUT2D eigenvalue weighted by Crippen LogP contribution is -2.29. The number of hydrogen-bond acceptors (Lipinski definition) is 4. The normalized spacial score (nSPS) is 19.8. The molecule has 1 saturated heterocycles. The molecule has 3 rings (SSSR count). The maximum atomic E-state index is 12.6. The zero-order chi connectivity index (χ0) is 17.6. The molecule has 5 nitrogen and oxygen atoms in total. The highest BCUT2D eigenvalue weighted by atomic mass is 16.5. The lowest BCUT2D eigenvalue weighted by atomic mass is 9.93. The van der Waals surface area contributed by atoms with E-state index in [1.165, 1.54) is 0 Å². The number of aromatic nitrogens is 1. The molecule has 1 aliphatic heterocycles. The van der Waals surface area contributed by atoms with E-state index in [4.69, 9.17) is 4.74 Å². The van der Waals surface area contributed by atoms with Crippen molar-refractivity contribution < 1.29 is 14.6 Å². The zero-order valence-electron chi connectivity index (χ0n) is 14.5. The third-order valence-corrected chi connectivity index (χ3v) is 4.86. The first kappa shape index (κ1) is 17.4. The van der Waals surface area contributed by atoms with Crippen molar-refractivity contribution in [3.63, 3.8) is 0 Å². The van der Waals surface area contributed by atoms with Crippen LogP contribution in [0.15, 0.2) is 48.7 Å². The molecule has 0 unspecified atom stereocenters. The summed E-state index contributed by atoms with van der Waals surface area (Å²) < 4.78 is 5.22. The van der Waals surface area contributed by atoms with Gasteiger partial charge in [0.1, 0.15) is 5.75 Å². The number of carbonyl (C=O) groups excluding carboxylic acids is 1. The second-order valence-corrected chi connectivity index (χ2v) is 6.45. The van der Waals surface area contributed by atoms with Gasteiger partial charge in [0.05, 0.1) is 7.11 Å². The van der Waals surface area contributed by atoms with Crippen LogP contribution in [-0.2, 0) is 11.2 Å². The molecule has 0 saturated carbocycles. The number of amides is 1. The number of methoxy groups -OCH3 is 1. The quantitative estimate of drug-likeness (QED) is 0.876. The summed E-state index contributed by atoms with van der Waals surface area (Å²) in [5.41, 5.74) is 2.04. The second kappa shape index (κ2) is 8.12. The van der Waals surface area contributed by atoms with E-state index in [0.29, 0.717) is 25.9 Å². The zero-order valence-corrected chi connectivity index (χ0v) is 14.5. The summed E-state index contributed by atoms with van der Waals surface area (Å²) in [6.45, 7) is 1.29. The van der Waals surface area contributed by atoms with Gasteiger partial charge in [0.25, 0.3) is 0 Å². The van der Waals surface area contributed by atoms with E-state index < -0.39 is 0 Å². The molecule has 0 aliphatic carbocycles. The Morgan fingerprint density at radius 3 is 2.88 bits per heavy atom. The predicted octanol–water partition coefficient (Wildman–Crippen LogP) is 2.26. The summed E-state index contributed by atoms with van der Waals surface area (Å²) in [4.78, 5) is 18.9. The molecule has 2 atom stereocenters. The van der Waals surface area contributed by atoms with Crippen molar-refractivity contribution in [2.24, 2.45) is 5.92 Å². The van der Waals surface area contributed by atoms with Crippen molar-refractivity contribution in [2.45, 2.75) is 18.8 Å². The average Bonchev–Trinajstić information content (AvgIpc) is 3.11. The standard InChI is InChI=1S/C20H24N2O3/c1-25-17-6-4-5-15(11-17)8-9-20(24)22-12-16(14-23)18(13-22)19-7-2-3-10-21-19/h2-7,10-11,16,18,23H,8-9,12-14H2,1H3/t16-,18+/m0/s1. The molecule has 0 bridgehead atoms. The second-order valence-electron chi connectivity index (χ2n) is 6.45. The molecule has 1 fully saturated rings. The van der Waals surface area contributed by atoms with E-state index in [2.05, 4.69) is 4.98 Å². The van der Waals surface area contributed by atoms with E-state index in [1.807, 2.05) is 47.4 Å². The summed E-state index contributed by atoms with van der Waals surface area (Å²) >= 11 is 0. The number of benzene rings is 1. The minimum absolute atomic E-state index is 0.0515. The largest absolute Gasteiger partial charge is 0.497 e. The van der Waals surface area contributed by atoms with E-state index >= 15 is 0 Å².